The first-order valence-corrected chi connectivity index (χ1v) is 10.3. The lowest BCUT2D eigenvalue weighted by Crippen LogP contribution is -2.19. The van der Waals surface area contributed by atoms with Crippen LogP contribution in [0.4, 0.5) is 5.69 Å². The molecule has 0 radical (unpaired) electrons. The summed E-state index contributed by atoms with van der Waals surface area (Å²) in [6.45, 7) is 4.15. The molecular formula is C23H21N3O3S. The Kier molecular flexibility index (Phi) is 5.46. The zero-order valence-corrected chi connectivity index (χ0v) is 17.7. The highest BCUT2D eigenvalue weighted by molar-refractivity contribution is 8.18. The number of rotatable bonds is 4. The maximum Gasteiger partial charge on any atom is 0.325 e. The number of aliphatic imine (C=N–C) groups is 1. The zero-order chi connectivity index (χ0) is 21.3. The van der Waals surface area contributed by atoms with Crippen LogP contribution in [0.1, 0.15) is 16.7 Å². The minimum Gasteiger partial charge on any atom is -0.468 e. The van der Waals surface area contributed by atoms with Gasteiger partial charge in [0.05, 0.1) is 17.7 Å². The minimum atomic E-state index is -0.328. The molecule has 6 nitrogen and oxygen atoms in total. The summed E-state index contributed by atoms with van der Waals surface area (Å²) in [6, 6.07) is 13.8. The summed E-state index contributed by atoms with van der Waals surface area (Å²) in [5.41, 5.74) is 4.82. The van der Waals surface area contributed by atoms with Crippen molar-refractivity contribution in [1.82, 2.24) is 9.88 Å². The van der Waals surface area contributed by atoms with E-state index < -0.39 is 0 Å². The lowest BCUT2D eigenvalue weighted by Gasteiger charge is -2.02. The van der Waals surface area contributed by atoms with Crippen LogP contribution in [0.3, 0.4) is 0 Å². The fraction of sp³-hybridized carbons (Fsp3) is 0.174. The van der Waals surface area contributed by atoms with E-state index in [4.69, 9.17) is 4.74 Å². The van der Waals surface area contributed by atoms with Crippen molar-refractivity contribution < 1.29 is 14.3 Å². The molecule has 0 bridgehead atoms. The standard InChI is InChI=1S/C23H21N3O3S/c1-14-8-9-18(15(2)10-14)24-23-25-22(28)20(30-23)11-16-12-26(13-21(27)29-3)19-7-5-4-6-17(16)19/h4-12H,13H2,1-3H3,(H,24,25,28)/b20-11-. The van der Waals surface area contributed by atoms with E-state index in [1.165, 1.54) is 24.4 Å². The average molecular weight is 420 g/mol. The van der Waals surface area contributed by atoms with Crippen LogP contribution in [-0.4, -0.2) is 28.7 Å². The number of fused-ring (bicyclic) bond motifs is 1. The highest BCUT2D eigenvalue weighted by Gasteiger charge is 2.24. The maximum absolute atomic E-state index is 12.5. The molecule has 3 aromatic rings. The van der Waals surface area contributed by atoms with Gasteiger partial charge in [-0.15, -0.1) is 0 Å². The molecule has 1 aromatic heterocycles. The molecule has 1 N–H and O–H groups in total. The summed E-state index contributed by atoms with van der Waals surface area (Å²) < 4.78 is 6.62. The van der Waals surface area contributed by atoms with Crippen LogP contribution in [0.5, 0.6) is 0 Å². The first-order chi connectivity index (χ1) is 14.4. The number of aromatic nitrogens is 1. The van der Waals surface area contributed by atoms with Gasteiger partial charge in [0.25, 0.3) is 5.91 Å². The Hall–Kier alpha value is -3.32. The van der Waals surface area contributed by atoms with E-state index in [1.54, 1.807) is 0 Å². The Balaban J connectivity index is 1.67. The normalized spacial score (nSPS) is 16.4. The molecule has 1 aliphatic rings. The van der Waals surface area contributed by atoms with Crippen LogP contribution in [0.25, 0.3) is 17.0 Å². The van der Waals surface area contributed by atoms with Crippen molar-refractivity contribution in [2.45, 2.75) is 20.4 Å². The molecule has 7 heteroatoms. The number of esters is 1. The van der Waals surface area contributed by atoms with E-state index in [2.05, 4.69) is 16.4 Å². The number of hydrogen-bond acceptors (Lipinski definition) is 5. The van der Waals surface area contributed by atoms with E-state index in [0.29, 0.717) is 10.1 Å². The lowest BCUT2D eigenvalue weighted by atomic mass is 10.1. The summed E-state index contributed by atoms with van der Waals surface area (Å²) in [7, 11) is 1.37. The largest absolute Gasteiger partial charge is 0.468 e. The van der Waals surface area contributed by atoms with Gasteiger partial charge in [0.15, 0.2) is 5.17 Å². The van der Waals surface area contributed by atoms with Crippen molar-refractivity contribution in [2.24, 2.45) is 4.99 Å². The molecule has 0 spiro atoms. The van der Waals surface area contributed by atoms with E-state index >= 15 is 0 Å². The molecule has 152 valence electrons. The van der Waals surface area contributed by atoms with Gasteiger partial charge in [-0.1, -0.05) is 35.9 Å². The summed E-state index contributed by atoms with van der Waals surface area (Å²) in [4.78, 5) is 29.4. The van der Waals surface area contributed by atoms with Crippen molar-refractivity contribution in [3.8, 4) is 0 Å². The molecule has 0 unspecified atom stereocenters. The number of carbonyl (C=O) groups excluding carboxylic acids is 2. The van der Waals surface area contributed by atoms with Gasteiger partial charge in [-0.25, -0.2) is 4.99 Å². The van der Waals surface area contributed by atoms with E-state index in [0.717, 1.165) is 27.7 Å². The third-order valence-electron chi connectivity index (χ3n) is 4.86. The second-order valence-electron chi connectivity index (χ2n) is 7.08. The number of hydrogen-bond donors (Lipinski definition) is 1. The quantitative estimate of drug-likeness (QED) is 0.505. The van der Waals surface area contributed by atoms with Crippen LogP contribution in [0, 0.1) is 13.8 Å². The number of methoxy groups -OCH3 is 1. The Morgan fingerprint density at radius 2 is 2.03 bits per heavy atom. The molecule has 1 saturated heterocycles. The molecule has 1 aliphatic heterocycles. The van der Waals surface area contributed by atoms with Crippen LogP contribution in [0.2, 0.25) is 0 Å². The number of aryl methyl sites for hydroxylation is 2. The molecule has 2 heterocycles. The van der Waals surface area contributed by atoms with E-state index in [9.17, 15) is 9.59 Å². The summed E-state index contributed by atoms with van der Waals surface area (Å²) in [5, 5.41) is 4.35. The summed E-state index contributed by atoms with van der Waals surface area (Å²) in [5.74, 6) is -0.515. The fourth-order valence-corrected chi connectivity index (χ4v) is 4.21. The highest BCUT2D eigenvalue weighted by Crippen LogP contribution is 2.31. The summed E-state index contributed by atoms with van der Waals surface area (Å²) in [6.07, 6.45) is 3.70. The minimum absolute atomic E-state index is 0.110. The third-order valence-corrected chi connectivity index (χ3v) is 5.77. The molecular weight excluding hydrogens is 398 g/mol. The molecule has 0 saturated carbocycles. The van der Waals surface area contributed by atoms with Gasteiger partial charge in [0.1, 0.15) is 6.54 Å². The van der Waals surface area contributed by atoms with E-state index in [-0.39, 0.29) is 18.4 Å². The maximum atomic E-state index is 12.5. The van der Waals surface area contributed by atoms with Crippen molar-refractivity contribution in [3.63, 3.8) is 0 Å². The lowest BCUT2D eigenvalue weighted by molar-refractivity contribution is -0.141. The van der Waals surface area contributed by atoms with Gasteiger partial charge in [-0.05, 0) is 49.4 Å². The zero-order valence-electron chi connectivity index (χ0n) is 16.9. The van der Waals surface area contributed by atoms with Gasteiger partial charge < -0.3 is 14.6 Å². The summed E-state index contributed by atoms with van der Waals surface area (Å²) >= 11 is 1.31. The number of benzene rings is 2. The number of nitrogens with zero attached hydrogens (tertiary/aromatic N) is 2. The van der Waals surface area contributed by atoms with Crippen molar-refractivity contribution in [2.75, 3.05) is 7.11 Å². The second-order valence-corrected chi connectivity index (χ2v) is 8.11. The molecule has 1 amide bonds. The van der Waals surface area contributed by atoms with Gasteiger partial charge in [-0.3, -0.25) is 9.59 Å². The first kappa shape index (κ1) is 20.0. The number of ether oxygens (including phenoxy) is 1. The van der Waals surface area contributed by atoms with Crippen LogP contribution < -0.4 is 5.32 Å². The molecule has 4 rings (SSSR count). The van der Waals surface area contributed by atoms with Gasteiger partial charge in [0, 0.05) is 22.7 Å². The second kappa shape index (κ2) is 8.20. The third kappa shape index (κ3) is 4.02. The number of carbonyl (C=O) groups is 2. The molecule has 30 heavy (non-hydrogen) atoms. The fourth-order valence-electron chi connectivity index (χ4n) is 3.39. The van der Waals surface area contributed by atoms with Gasteiger partial charge in [-0.2, -0.15) is 0 Å². The number of amides is 1. The Morgan fingerprint density at radius 3 is 2.80 bits per heavy atom. The van der Waals surface area contributed by atoms with E-state index in [1.807, 2.05) is 67.1 Å². The van der Waals surface area contributed by atoms with Gasteiger partial charge in [0.2, 0.25) is 0 Å². The molecule has 1 fully saturated rings. The Bertz CT molecular complexity index is 1220. The van der Waals surface area contributed by atoms with Crippen LogP contribution in [0.15, 0.2) is 58.6 Å². The smallest absolute Gasteiger partial charge is 0.325 e. The number of para-hydroxylation sites is 1. The molecule has 0 atom stereocenters. The van der Waals surface area contributed by atoms with Crippen molar-refractivity contribution in [3.05, 3.63) is 70.3 Å². The monoisotopic (exact) mass is 419 g/mol. The van der Waals surface area contributed by atoms with Crippen molar-refractivity contribution in [1.29, 1.82) is 0 Å². The highest BCUT2D eigenvalue weighted by atomic mass is 32.2. The van der Waals surface area contributed by atoms with Crippen molar-refractivity contribution >= 4 is 51.5 Å². The Morgan fingerprint density at radius 1 is 1.23 bits per heavy atom. The number of amidine groups is 1. The number of nitrogens with one attached hydrogen (secondary N) is 1. The predicted molar refractivity (Wildman–Crippen MR) is 121 cm³/mol. The molecule has 2 aromatic carbocycles. The Labute approximate surface area is 178 Å². The molecule has 0 aliphatic carbocycles. The first-order valence-electron chi connectivity index (χ1n) is 9.46. The van der Waals surface area contributed by atoms with Gasteiger partial charge >= 0.3 is 5.97 Å². The average Bonchev–Trinajstić information content (AvgIpc) is 3.24. The SMILES string of the molecule is COC(=O)Cn1cc(/C=C2\SC(=Nc3ccc(C)cc3C)NC2=O)c2ccccc21. The number of thioether (sulfide) groups is 1. The predicted octanol–water partition coefficient (Wildman–Crippen LogP) is 4.32. The van der Waals surface area contributed by atoms with Crippen LogP contribution in [-0.2, 0) is 20.9 Å². The van der Waals surface area contributed by atoms with Crippen LogP contribution >= 0.6 is 11.8 Å². The topological polar surface area (TPSA) is 72.7 Å².